The third-order valence-electron chi connectivity index (χ3n) is 19.4. The zero-order valence-corrected chi connectivity index (χ0v) is 68.8. The summed E-state index contributed by atoms with van der Waals surface area (Å²) in [5.41, 5.74) is 3.22. The molecule has 620 valence electrons. The number of hydrogen-bond acceptors (Lipinski definition) is 21. The maximum atomic E-state index is 13.4. The van der Waals surface area contributed by atoms with Crippen molar-refractivity contribution in [1.82, 2.24) is 10.6 Å². The van der Waals surface area contributed by atoms with Gasteiger partial charge in [0, 0.05) is 78.5 Å². The van der Waals surface area contributed by atoms with Crippen LogP contribution in [0.15, 0.2) is 198 Å². The van der Waals surface area contributed by atoms with E-state index >= 15 is 0 Å². The Morgan fingerprint density at radius 1 is 0.513 bits per heavy atom. The average molecular weight is 1680 g/mol. The number of carbonyl (C=O) groups is 3. The van der Waals surface area contributed by atoms with E-state index in [1.54, 1.807) is 67.8 Å². The first-order valence-corrected chi connectivity index (χ1v) is 44.9. The number of allylic oxidation sites excluding steroid dienone is 8. The maximum Gasteiger partial charge on any atom is 0.338 e. The van der Waals surface area contributed by atoms with E-state index in [1.807, 2.05) is 116 Å². The van der Waals surface area contributed by atoms with E-state index in [2.05, 4.69) is 15.2 Å². The van der Waals surface area contributed by atoms with Crippen LogP contribution in [0.4, 0.5) is 11.4 Å². The number of benzene rings is 7. The Kier molecular flexibility index (Phi) is 34.0. The van der Waals surface area contributed by atoms with Gasteiger partial charge in [-0.2, -0.15) is 38.2 Å². The van der Waals surface area contributed by atoms with E-state index in [4.69, 9.17) is 42.6 Å². The zero-order valence-electron chi connectivity index (χ0n) is 64.6. The van der Waals surface area contributed by atoms with E-state index in [0.29, 0.717) is 77.6 Å². The molecule has 0 saturated heterocycles. The second-order valence-corrected chi connectivity index (χ2v) is 35.5. The van der Waals surface area contributed by atoms with Crippen molar-refractivity contribution in [3.63, 3.8) is 0 Å². The second-order valence-electron chi connectivity index (χ2n) is 27.3. The predicted molar refractivity (Wildman–Crippen MR) is 440 cm³/mol. The summed E-state index contributed by atoms with van der Waals surface area (Å²) >= 11 is 0. The number of hydrogen-bond donors (Lipinski definition) is 6. The summed E-state index contributed by atoms with van der Waals surface area (Å²) in [5, 5.41) is 10.6. The minimum Gasteiger partial charge on any atom is -0.465 e. The third-order valence-corrected chi connectivity index (χ3v) is 25.2. The van der Waals surface area contributed by atoms with E-state index in [-0.39, 0.29) is 139 Å². The highest BCUT2D eigenvalue weighted by atomic mass is 32.2. The summed E-state index contributed by atoms with van der Waals surface area (Å²) < 4.78 is 191. The van der Waals surface area contributed by atoms with Gasteiger partial charge in [-0.1, -0.05) is 109 Å². The largest absolute Gasteiger partial charge is 0.465 e. The standard InChI is InChI=1S/C82H99N4O24PS4/c1-81(35-16-56-112(90,91)92)74(85(39-42-105-47-50-109-53-52-107-45-44-102-3)71-32-25-61-58-66(114(96,97)98)27-30-68(61)77(71)81)22-14-6-5-7-15-23-75-82(2,36-17-57-113(93,94)95)78-69-31-28-67(115(99,100)101)59-62(69)26-33-72(78)86(75)40-43-106-48-51-110-55-54-108-49-46-104-41-34-76(87)83-37-38-84-79(88)63-24-29-70(80(89)103-4)73(60-63)111(64-18-10-8-11-19-64)65-20-12-9-13-21-65/h5-15,18-33,58-60H,16-17,34-57H2,1-4H3,(H5-,83,84,87,88,90,91,92,93,94,95,96,97,98,99,100,101)/p+1. The summed E-state index contributed by atoms with van der Waals surface area (Å²) in [6.07, 6.45) is 13.3. The van der Waals surface area contributed by atoms with Gasteiger partial charge in [0.15, 0.2) is 12.3 Å². The summed E-state index contributed by atoms with van der Waals surface area (Å²) in [7, 11) is -16.3. The molecular formula is C82H100N4O24PS4+. The van der Waals surface area contributed by atoms with E-state index in [9.17, 15) is 66.3 Å². The van der Waals surface area contributed by atoms with Crippen LogP contribution < -0.4 is 31.4 Å². The Morgan fingerprint density at radius 2 is 1.01 bits per heavy atom. The van der Waals surface area contributed by atoms with Crippen molar-refractivity contribution in [3.05, 3.63) is 210 Å². The predicted octanol–water partition coefficient (Wildman–Crippen LogP) is 8.75. The van der Waals surface area contributed by atoms with Crippen LogP contribution in [-0.4, -0.2) is 231 Å². The zero-order chi connectivity index (χ0) is 82.7. The molecule has 7 aromatic carbocycles. The molecular weight excluding hydrogens is 1580 g/mol. The molecule has 0 bridgehead atoms. The molecule has 2 unspecified atom stereocenters. The van der Waals surface area contributed by atoms with Gasteiger partial charge in [-0.25, -0.2) is 4.79 Å². The lowest BCUT2D eigenvalue weighted by atomic mass is 9.74. The molecule has 115 heavy (non-hydrogen) atoms. The lowest BCUT2D eigenvalue weighted by Gasteiger charge is -2.30. The van der Waals surface area contributed by atoms with Crippen LogP contribution in [0.5, 0.6) is 0 Å². The van der Waals surface area contributed by atoms with Crippen molar-refractivity contribution in [2.24, 2.45) is 0 Å². The number of rotatable bonds is 49. The number of nitrogens with one attached hydrogen (secondary N) is 2. The fourth-order valence-electron chi connectivity index (χ4n) is 14.1. The van der Waals surface area contributed by atoms with Gasteiger partial charge in [-0.05, 0) is 146 Å². The number of esters is 1. The molecule has 33 heteroatoms. The number of nitrogens with zero attached hydrogens (tertiary/aromatic N) is 2. The van der Waals surface area contributed by atoms with Gasteiger partial charge in [0.25, 0.3) is 46.4 Å². The first kappa shape index (κ1) is 90.6. The smallest absolute Gasteiger partial charge is 0.338 e. The van der Waals surface area contributed by atoms with E-state index in [1.165, 1.54) is 31.4 Å². The van der Waals surface area contributed by atoms with Gasteiger partial charge in [0.1, 0.15) is 6.61 Å². The highest BCUT2D eigenvalue weighted by Gasteiger charge is 2.49. The van der Waals surface area contributed by atoms with Gasteiger partial charge in [-0.15, -0.1) is 0 Å². The molecule has 2 amide bonds. The summed E-state index contributed by atoms with van der Waals surface area (Å²) in [6, 6.07) is 40.2. The molecule has 0 saturated carbocycles. The number of methoxy groups -OCH3 is 2. The molecule has 7 aromatic rings. The van der Waals surface area contributed by atoms with E-state index in [0.717, 1.165) is 44.5 Å². The van der Waals surface area contributed by atoms with Gasteiger partial charge < -0.3 is 58.2 Å². The van der Waals surface area contributed by atoms with Gasteiger partial charge in [0.05, 0.1) is 132 Å². The highest BCUT2D eigenvalue weighted by molar-refractivity contribution is 7.86. The normalized spacial score (nSPS) is 16.4. The van der Waals surface area contributed by atoms with Gasteiger partial charge >= 0.3 is 5.97 Å². The van der Waals surface area contributed by atoms with Crippen LogP contribution in [-0.2, 0) is 98.7 Å². The molecule has 0 aromatic heterocycles. The maximum absolute atomic E-state index is 13.4. The summed E-state index contributed by atoms with van der Waals surface area (Å²) in [4.78, 5) is 40.6. The van der Waals surface area contributed by atoms with Crippen molar-refractivity contribution in [2.75, 3.05) is 156 Å². The van der Waals surface area contributed by atoms with Crippen molar-refractivity contribution in [1.29, 1.82) is 0 Å². The van der Waals surface area contributed by atoms with Crippen LogP contribution in [0, 0.1) is 0 Å². The Bertz CT molecular complexity index is 5110. The fourth-order valence-corrected chi connectivity index (χ4v) is 18.6. The molecule has 2 heterocycles. The molecule has 2 aliphatic heterocycles. The average Bonchev–Trinajstić information content (AvgIpc) is 1.57. The monoisotopic (exact) mass is 1680 g/mol. The van der Waals surface area contributed by atoms with Gasteiger partial charge in [-0.3, -0.25) is 27.8 Å². The molecule has 28 nitrogen and oxygen atoms in total. The minimum atomic E-state index is -4.60. The van der Waals surface area contributed by atoms with Crippen molar-refractivity contribution >= 4 is 121 Å². The topological polar surface area (TPSA) is 382 Å². The first-order chi connectivity index (χ1) is 55.1. The molecule has 6 N–H and O–H groups in total. The second kappa shape index (κ2) is 43.2. The first-order valence-electron chi connectivity index (χ1n) is 37.4. The quantitative estimate of drug-likeness (QED) is 0.00518. The van der Waals surface area contributed by atoms with Crippen molar-refractivity contribution in [3.8, 4) is 0 Å². The number of anilines is 1. The van der Waals surface area contributed by atoms with Crippen molar-refractivity contribution in [2.45, 2.75) is 66.6 Å². The molecule has 0 aliphatic carbocycles. The number of ether oxygens (including phenoxy) is 9. The Hall–Kier alpha value is -8.35. The van der Waals surface area contributed by atoms with Gasteiger partial charge in [0.2, 0.25) is 11.6 Å². The Labute approximate surface area is 673 Å². The number of carbonyl (C=O) groups excluding carboxylic acids is 3. The lowest BCUT2D eigenvalue weighted by Crippen LogP contribution is -2.35. The molecule has 0 fully saturated rings. The SMILES string of the molecule is COCCOCCOCCOCC[N+]1=C(C=CC=CC=CC=C2N(CCOCCOCCOCCOCCC(=O)NCCNC(=O)c3ccc(C(=O)OC)c(P(c4ccccc4)c4ccccc4)c3)c3ccc4cc(S(=O)(=O)O)ccc4c3C2(C)CCCS(=O)(=O)O)C(C)(CCCS(=O)(=O)O)c2c1ccc1cc(S(=O)(=O)O)ccc21. The summed E-state index contributed by atoms with van der Waals surface area (Å²) in [6.45, 7) is 8.94. The van der Waals surface area contributed by atoms with Crippen molar-refractivity contribution < 1.29 is 113 Å². The Balaban J connectivity index is 0.803. The molecule has 0 spiro atoms. The fraction of sp³-hybridized carbons (Fsp3) is 0.390. The number of fused-ring (bicyclic) bond motifs is 6. The third kappa shape index (κ3) is 25.8. The Morgan fingerprint density at radius 3 is 1.56 bits per heavy atom. The molecule has 9 rings (SSSR count). The van der Waals surface area contributed by atoms with E-state index < -0.39 is 76.7 Å². The highest BCUT2D eigenvalue weighted by Crippen LogP contribution is 2.54. The summed E-state index contributed by atoms with van der Waals surface area (Å²) in [5.74, 6) is -2.22. The van der Waals surface area contributed by atoms with Crippen LogP contribution in [0.25, 0.3) is 21.5 Å². The molecule has 2 aliphatic rings. The molecule has 2 atom stereocenters. The van der Waals surface area contributed by atoms with Crippen LogP contribution in [0.2, 0.25) is 0 Å². The number of amides is 2. The van der Waals surface area contributed by atoms with Crippen LogP contribution in [0.1, 0.15) is 77.8 Å². The van der Waals surface area contributed by atoms with Crippen LogP contribution >= 0.6 is 7.92 Å². The lowest BCUT2D eigenvalue weighted by molar-refractivity contribution is -0.442. The molecule has 0 radical (unpaired) electrons. The minimum absolute atomic E-state index is 0.0289. The van der Waals surface area contributed by atoms with Crippen LogP contribution in [0.3, 0.4) is 0 Å².